The molecule has 11 nitrogen and oxygen atoms in total. The van der Waals surface area contributed by atoms with Crippen LogP contribution in [0.15, 0.2) is 30.3 Å². The molecule has 2 rings (SSSR count). The summed E-state index contributed by atoms with van der Waals surface area (Å²) >= 11 is 0. The van der Waals surface area contributed by atoms with Gasteiger partial charge < -0.3 is 25.5 Å². The SMILES string of the molecule is O=C(O)c1ccc(C(=O)c2cc(C(=O)O)c(C(=O)O)cc2C(=O)O)cc1C(=O)O. The van der Waals surface area contributed by atoms with Gasteiger partial charge in [0.25, 0.3) is 0 Å². The molecule has 29 heavy (non-hydrogen) atoms. The van der Waals surface area contributed by atoms with Crippen molar-refractivity contribution in [1.29, 1.82) is 0 Å². The van der Waals surface area contributed by atoms with Crippen LogP contribution in [0, 0.1) is 0 Å². The third-order valence-electron chi connectivity index (χ3n) is 3.84. The highest BCUT2D eigenvalue weighted by atomic mass is 16.4. The second kappa shape index (κ2) is 7.60. The van der Waals surface area contributed by atoms with Gasteiger partial charge >= 0.3 is 29.8 Å². The van der Waals surface area contributed by atoms with E-state index in [-0.39, 0.29) is 0 Å². The lowest BCUT2D eigenvalue weighted by Gasteiger charge is -2.11. The van der Waals surface area contributed by atoms with E-state index in [0.29, 0.717) is 18.2 Å². The van der Waals surface area contributed by atoms with E-state index in [9.17, 15) is 39.0 Å². The summed E-state index contributed by atoms with van der Waals surface area (Å²) in [7, 11) is 0. The van der Waals surface area contributed by atoms with Crippen LogP contribution in [0.3, 0.4) is 0 Å². The standard InChI is InChI=1S/C18H10O11/c19-13(6-1-2-7(14(20)21)9(3-6)15(22)23)8-4-11(17(26)27)12(18(28)29)5-10(8)16(24)25/h1-5H,(H,20,21)(H,22,23)(H,24,25)(H,26,27)(H,28,29). The number of hydrogen-bond donors (Lipinski definition) is 5. The van der Waals surface area contributed by atoms with E-state index in [1.54, 1.807) is 0 Å². The first-order valence-electron chi connectivity index (χ1n) is 7.49. The Morgan fingerprint density at radius 3 is 1.21 bits per heavy atom. The van der Waals surface area contributed by atoms with Gasteiger partial charge in [0, 0.05) is 11.1 Å². The first kappa shape index (κ1) is 20.8. The molecule has 0 amide bonds. The van der Waals surface area contributed by atoms with Crippen LogP contribution >= 0.6 is 0 Å². The molecular weight excluding hydrogens is 392 g/mol. The van der Waals surface area contributed by atoms with Crippen LogP contribution in [0.2, 0.25) is 0 Å². The van der Waals surface area contributed by atoms with Gasteiger partial charge in [-0.05, 0) is 24.3 Å². The van der Waals surface area contributed by atoms with E-state index >= 15 is 0 Å². The number of carboxylic acids is 5. The Hall–Kier alpha value is -4.54. The molecule has 0 bridgehead atoms. The van der Waals surface area contributed by atoms with Crippen molar-refractivity contribution in [1.82, 2.24) is 0 Å². The molecule has 5 N–H and O–H groups in total. The van der Waals surface area contributed by atoms with E-state index in [4.69, 9.17) is 15.3 Å². The zero-order valence-electron chi connectivity index (χ0n) is 14.1. The number of benzene rings is 2. The van der Waals surface area contributed by atoms with Gasteiger partial charge in [0.05, 0.1) is 27.8 Å². The first-order valence-corrected chi connectivity index (χ1v) is 7.49. The van der Waals surface area contributed by atoms with Gasteiger partial charge in [-0.25, -0.2) is 24.0 Å². The summed E-state index contributed by atoms with van der Waals surface area (Å²) < 4.78 is 0. The molecule has 11 heteroatoms. The zero-order valence-corrected chi connectivity index (χ0v) is 14.1. The van der Waals surface area contributed by atoms with Gasteiger partial charge in [-0.2, -0.15) is 0 Å². The molecule has 2 aromatic carbocycles. The third-order valence-corrected chi connectivity index (χ3v) is 3.84. The number of aromatic carboxylic acids is 5. The van der Waals surface area contributed by atoms with Crippen LogP contribution in [0.5, 0.6) is 0 Å². The lowest BCUT2D eigenvalue weighted by atomic mass is 9.91. The van der Waals surface area contributed by atoms with Gasteiger partial charge in [0.1, 0.15) is 0 Å². The molecule has 0 atom stereocenters. The monoisotopic (exact) mass is 402 g/mol. The highest BCUT2D eigenvalue weighted by molar-refractivity contribution is 6.17. The van der Waals surface area contributed by atoms with Crippen LogP contribution < -0.4 is 0 Å². The summed E-state index contributed by atoms with van der Waals surface area (Å²) in [5.74, 6) is -9.58. The minimum absolute atomic E-state index is 0.436. The molecule has 0 radical (unpaired) electrons. The molecular formula is C18H10O11. The van der Waals surface area contributed by atoms with Crippen molar-refractivity contribution in [2.75, 3.05) is 0 Å². The van der Waals surface area contributed by atoms with Crippen molar-refractivity contribution in [3.05, 3.63) is 69.3 Å². The van der Waals surface area contributed by atoms with Crippen LogP contribution in [0.4, 0.5) is 0 Å². The second-order valence-electron chi connectivity index (χ2n) is 5.56. The van der Waals surface area contributed by atoms with E-state index < -0.39 is 74.6 Å². The van der Waals surface area contributed by atoms with Gasteiger partial charge in [-0.15, -0.1) is 0 Å². The predicted octanol–water partition coefficient (Wildman–Crippen LogP) is 1.41. The van der Waals surface area contributed by atoms with Gasteiger partial charge in [0.2, 0.25) is 0 Å². The fourth-order valence-corrected chi connectivity index (χ4v) is 2.52. The molecule has 0 aliphatic heterocycles. The molecule has 2 aromatic rings. The number of carboxylic acid groups (broad SMARTS) is 5. The average molecular weight is 402 g/mol. The molecule has 0 aliphatic rings. The van der Waals surface area contributed by atoms with Gasteiger partial charge in [-0.1, -0.05) is 6.07 Å². The lowest BCUT2D eigenvalue weighted by molar-refractivity contribution is 0.0648. The molecule has 148 valence electrons. The topological polar surface area (TPSA) is 204 Å². The van der Waals surface area contributed by atoms with Crippen LogP contribution in [0.25, 0.3) is 0 Å². The Morgan fingerprint density at radius 2 is 0.793 bits per heavy atom. The Labute approximate surface area is 160 Å². The van der Waals surface area contributed by atoms with Crippen molar-refractivity contribution in [3.63, 3.8) is 0 Å². The van der Waals surface area contributed by atoms with E-state index in [2.05, 4.69) is 0 Å². The van der Waals surface area contributed by atoms with Crippen LogP contribution in [0.1, 0.15) is 67.7 Å². The normalized spacial score (nSPS) is 10.2. The van der Waals surface area contributed by atoms with Gasteiger partial charge in [0.15, 0.2) is 5.78 Å². The fraction of sp³-hybridized carbons (Fsp3) is 0. The third kappa shape index (κ3) is 3.93. The maximum atomic E-state index is 12.7. The summed E-state index contributed by atoms with van der Waals surface area (Å²) in [6.07, 6.45) is 0. The summed E-state index contributed by atoms with van der Waals surface area (Å²) in [5.41, 5.74) is -5.06. The minimum atomic E-state index is -1.74. The Kier molecular flexibility index (Phi) is 5.44. The van der Waals surface area contributed by atoms with Crippen molar-refractivity contribution in [2.45, 2.75) is 0 Å². The Balaban J connectivity index is 2.77. The molecule has 0 fully saturated rings. The fourth-order valence-electron chi connectivity index (χ4n) is 2.52. The highest BCUT2D eigenvalue weighted by Gasteiger charge is 2.27. The van der Waals surface area contributed by atoms with E-state index in [1.807, 2.05) is 0 Å². The molecule has 0 unspecified atom stereocenters. The van der Waals surface area contributed by atoms with Crippen molar-refractivity contribution >= 4 is 35.6 Å². The lowest BCUT2D eigenvalue weighted by Crippen LogP contribution is -2.17. The van der Waals surface area contributed by atoms with Crippen molar-refractivity contribution in [3.8, 4) is 0 Å². The van der Waals surface area contributed by atoms with E-state index in [1.165, 1.54) is 0 Å². The van der Waals surface area contributed by atoms with Gasteiger partial charge in [-0.3, -0.25) is 4.79 Å². The van der Waals surface area contributed by atoms with Crippen LogP contribution in [-0.4, -0.2) is 61.2 Å². The molecule has 0 aromatic heterocycles. The summed E-state index contributed by atoms with van der Waals surface area (Å²) in [4.78, 5) is 69.1. The zero-order chi connectivity index (χ0) is 22.0. The number of hydrogen-bond acceptors (Lipinski definition) is 6. The number of rotatable bonds is 7. The quantitative estimate of drug-likeness (QED) is 0.419. The molecule has 0 heterocycles. The largest absolute Gasteiger partial charge is 0.478 e. The molecule has 0 saturated carbocycles. The minimum Gasteiger partial charge on any atom is -0.478 e. The molecule has 0 saturated heterocycles. The second-order valence-corrected chi connectivity index (χ2v) is 5.56. The summed E-state index contributed by atoms with van der Waals surface area (Å²) in [5, 5.41) is 45.7. The van der Waals surface area contributed by atoms with Crippen molar-refractivity contribution in [2.24, 2.45) is 0 Å². The number of ketones is 1. The maximum absolute atomic E-state index is 12.7. The smallest absolute Gasteiger partial charge is 0.336 e. The number of carbonyl (C=O) groups is 6. The summed E-state index contributed by atoms with van der Waals surface area (Å²) in [6, 6.07) is 3.51. The molecule has 0 spiro atoms. The number of carbonyl (C=O) groups excluding carboxylic acids is 1. The Bertz CT molecular complexity index is 1110. The van der Waals surface area contributed by atoms with Crippen molar-refractivity contribution < 1.29 is 54.3 Å². The predicted molar refractivity (Wildman–Crippen MR) is 91.1 cm³/mol. The molecule has 0 aliphatic carbocycles. The summed E-state index contributed by atoms with van der Waals surface area (Å²) in [6.45, 7) is 0. The Morgan fingerprint density at radius 1 is 0.448 bits per heavy atom. The maximum Gasteiger partial charge on any atom is 0.336 e. The highest BCUT2D eigenvalue weighted by Crippen LogP contribution is 2.23. The van der Waals surface area contributed by atoms with Crippen LogP contribution in [-0.2, 0) is 0 Å². The first-order chi connectivity index (χ1) is 13.5. The van der Waals surface area contributed by atoms with E-state index in [0.717, 1.165) is 12.1 Å². The average Bonchev–Trinajstić information content (AvgIpc) is 2.65.